The number of nitrogens with zero attached hydrogens (tertiary/aromatic N) is 2. The third kappa shape index (κ3) is 10.1. The van der Waals surface area contributed by atoms with Gasteiger partial charge >= 0.3 is 12.1 Å². The Morgan fingerprint density at radius 2 is 1.83 bits per heavy atom. The van der Waals surface area contributed by atoms with Crippen LogP contribution in [0.25, 0.3) is 0 Å². The summed E-state index contributed by atoms with van der Waals surface area (Å²) < 4.78 is 25.7. The summed E-state index contributed by atoms with van der Waals surface area (Å²) in [7, 11) is -1.29. The molecule has 9 nitrogen and oxygen atoms in total. The molecule has 1 fully saturated rings. The second-order valence-electron chi connectivity index (χ2n) is 11.1. The van der Waals surface area contributed by atoms with E-state index in [0.29, 0.717) is 25.4 Å². The highest BCUT2D eigenvalue weighted by molar-refractivity contribution is 6.76. The van der Waals surface area contributed by atoms with Gasteiger partial charge in [-0.25, -0.2) is 18.9 Å². The summed E-state index contributed by atoms with van der Waals surface area (Å²) in [5.41, 5.74) is 0.186. The highest BCUT2D eigenvalue weighted by Gasteiger charge is 2.34. The van der Waals surface area contributed by atoms with E-state index in [2.05, 4.69) is 30.3 Å². The smallest absolute Gasteiger partial charge is 0.407 e. The van der Waals surface area contributed by atoms with E-state index in [-0.39, 0.29) is 31.3 Å². The van der Waals surface area contributed by atoms with Gasteiger partial charge in [-0.2, -0.15) is 0 Å². The minimum Gasteiger partial charge on any atom is -0.444 e. The molecule has 1 saturated heterocycles. The van der Waals surface area contributed by atoms with E-state index >= 15 is 0 Å². The van der Waals surface area contributed by atoms with Gasteiger partial charge in [0.1, 0.15) is 18.1 Å². The topological polar surface area (TPSA) is 100 Å². The maximum Gasteiger partial charge on any atom is 0.407 e. The zero-order valence-corrected chi connectivity index (χ0v) is 23.4. The minimum absolute atomic E-state index is 0.111. The van der Waals surface area contributed by atoms with Gasteiger partial charge in [-0.3, -0.25) is 9.69 Å². The lowest BCUT2D eigenvalue weighted by molar-refractivity contribution is -0.133. The summed E-state index contributed by atoms with van der Waals surface area (Å²) in [5, 5.41) is 5.85. The Balaban J connectivity index is 1.82. The van der Waals surface area contributed by atoms with Crippen LogP contribution in [0.4, 0.5) is 25.4 Å². The standard InChI is InChI=1S/C25H41FN4O5Si/c1-25(2,3)35-23(32)28-13-8-7-12-27-19-9-10-21(20(26)17-19)29-14-11-22(31)30(24(29)33)18-34-15-16-36(4,5)6/h9-10,17,27H,7-8,11-16,18H2,1-6H3,(H,28,32). The quantitative estimate of drug-likeness (QED) is 0.294. The number of hydrogen-bond acceptors (Lipinski definition) is 6. The molecule has 4 amide bonds. The molecule has 0 unspecified atom stereocenters. The van der Waals surface area contributed by atoms with Crippen molar-refractivity contribution >= 4 is 37.5 Å². The predicted molar refractivity (Wildman–Crippen MR) is 142 cm³/mol. The summed E-state index contributed by atoms with van der Waals surface area (Å²) >= 11 is 0. The number of imide groups is 1. The lowest BCUT2D eigenvalue weighted by atomic mass is 10.2. The van der Waals surface area contributed by atoms with E-state index in [4.69, 9.17) is 9.47 Å². The third-order valence-electron chi connectivity index (χ3n) is 5.37. The summed E-state index contributed by atoms with van der Waals surface area (Å²) in [6.45, 7) is 13.7. The van der Waals surface area contributed by atoms with Crippen LogP contribution in [-0.2, 0) is 14.3 Å². The van der Waals surface area contributed by atoms with E-state index in [1.165, 1.54) is 11.0 Å². The SMILES string of the molecule is CC(C)(C)OC(=O)NCCCCNc1ccc(N2CCC(=O)N(COCC[Si](C)(C)C)C2=O)c(F)c1. The van der Waals surface area contributed by atoms with Gasteiger partial charge in [-0.1, -0.05) is 19.6 Å². The molecule has 2 N–H and O–H groups in total. The van der Waals surface area contributed by atoms with Crippen LogP contribution < -0.4 is 15.5 Å². The monoisotopic (exact) mass is 524 g/mol. The number of alkyl carbamates (subject to hydrolysis) is 1. The third-order valence-corrected chi connectivity index (χ3v) is 7.07. The van der Waals surface area contributed by atoms with Gasteiger partial charge in [0.15, 0.2) is 0 Å². The average Bonchev–Trinajstić information content (AvgIpc) is 2.74. The highest BCUT2D eigenvalue weighted by Crippen LogP contribution is 2.26. The lowest BCUT2D eigenvalue weighted by Crippen LogP contribution is -2.53. The zero-order valence-electron chi connectivity index (χ0n) is 22.4. The van der Waals surface area contributed by atoms with Crippen molar-refractivity contribution in [1.29, 1.82) is 0 Å². The Kier molecular flexibility index (Phi) is 10.7. The van der Waals surface area contributed by atoms with Crippen molar-refractivity contribution in [3.05, 3.63) is 24.0 Å². The number of ether oxygens (including phenoxy) is 2. The largest absolute Gasteiger partial charge is 0.444 e. The van der Waals surface area contributed by atoms with E-state index in [1.807, 2.05) is 20.8 Å². The Labute approximate surface area is 214 Å². The Morgan fingerprint density at radius 3 is 2.47 bits per heavy atom. The molecule has 0 bridgehead atoms. The molecule has 0 atom stereocenters. The van der Waals surface area contributed by atoms with Crippen molar-refractivity contribution in [2.24, 2.45) is 0 Å². The Hall–Kier alpha value is -2.66. The van der Waals surface area contributed by atoms with E-state index in [1.54, 1.807) is 12.1 Å². The van der Waals surface area contributed by atoms with E-state index in [9.17, 15) is 18.8 Å². The number of halogens is 1. The number of amides is 4. The van der Waals surface area contributed by atoms with Crippen molar-refractivity contribution in [3.8, 4) is 0 Å². The van der Waals surface area contributed by atoms with Crippen LogP contribution in [0.15, 0.2) is 18.2 Å². The van der Waals surface area contributed by atoms with Gasteiger partial charge < -0.3 is 20.1 Å². The highest BCUT2D eigenvalue weighted by atomic mass is 28.3. The van der Waals surface area contributed by atoms with Crippen molar-refractivity contribution in [2.45, 2.75) is 71.3 Å². The molecule has 0 saturated carbocycles. The second-order valence-corrected chi connectivity index (χ2v) is 16.7. The molecule has 1 aliphatic rings. The molecular formula is C25H41FN4O5Si. The van der Waals surface area contributed by atoms with Gasteiger partial charge in [-0.05, 0) is 57.9 Å². The molecule has 0 aliphatic carbocycles. The maximum atomic E-state index is 14.9. The van der Waals surface area contributed by atoms with Crippen molar-refractivity contribution in [3.63, 3.8) is 0 Å². The number of anilines is 2. The van der Waals surface area contributed by atoms with Gasteiger partial charge in [-0.15, -0.1) is 0 Å². The van der Waals surface area contributed by atoms with Gasteiger partial charge in [0.2, 0.25) is 5.91 Å². The van der Waals surface area contributed by atoms with Crippen molar-refractivity contribution in [1.82, 2.24) is 10.2 Å². The van der Waals surface area contributed by atoms with E-state index < -0.39 is 31.6 Å². The van der Waals surface area contributed by atoms with Crippen LogP contribution in [-0.4, -0.2) is 69.6 Å². The first-order valence-electron chi connectivity index (χ1n) is 12.5. The molecule has 11 heteroatoms. The van der Waals surface area contributed by atoms with Gasteiger partial charge in [0, 0.05) is 46.4 Å². The summed E-state index contributed by atoms with van der Waals surface area (Å²) in [5.74, 6) is -0.863. The molecule has 1 heterocycles. The summed E-state index contributed by atoms with van der Waals surface area (Å²) in [4.78, 5) is 39.1. The Morgan fingerprint density at radius 1 is 1.14 bits per heavy atom. The molecular weight excluding hydrogens is 483 g/mol. The lowest BCUT2D eigenvalue weighted by Gasteiger charge is -2.34. The number of nitrogens with one attached hydrogen (secondary N) is 2. The number of unbranched alkanes of at least 4 members (excludes halogenated alkanes) is 1. The van der Waals surface area contributed by atoms with Crippen molar-refractivity contribution in [2.75, 3.05) is 43.2 Å². The molecule has 202 valence electrons. The van der Waals surface area contributed by atoms with Crippen LogP contribution in [0.5, 0.6) is 0 Å². The van der Waals surface area contributed by atoms with Crippen LogP contribution in [0.2, 0.25) is 25.7 Å². The molecule has 1 aromatic rings. The predicted octanol–water partition coefficient (Wildman–Crippen LogP) is 5.01. The molecule has 0 spiro atoms. The van der Waals surface area contributed by atoms with Crippen LogP contribution in [0.3, 0.4) is 0 Å². The molecule has 36 heavy (non-hydrogen) atoms. The molecule has 1 aromatic carbocycles. The maximum absolute atomic E-state index is 14.9. The fraction of sp³-hybridized carbons (Fsp3) is 0.640. The van der Waals surface area contributed by atoms with Crippen molar-refractivity contribution < 1.29 is 28.2 Å². The fourth-order valence-electron chi connectivity index (χ4n) is 3.40. The van der Waals surface area contributed by atoms with E-state index in [0.717, 1.165) is 23.8 Å². The Bertz CT molecular complexity index is 917. The first-order valence-corrected chi connectivity index (χ1v) is 16.2. The summed E-state index contributed by atoms with van der Waals surface area (Å²) in [6.07, 6.45) is 1.16. The fourth-order valence-corrected chi connectivity index (χ4v) is 4.16. The number of hydrogen-bond donors (Lipinski definition) is 2. The number of rotatable bonds is 12. The number of carbonyl (C=O) groups excluding carboxylic acids is 3. The molecule has 1 aliphatic heterocycles. The average molecular weight is 525 g/mol. The number of carbonyl (C=O) groups is 3. The van der Waals surface area contributed by atoms with Crippen LogP contribution >= 0.6 is 0 Å². The first kappa shape index (κ1) is 29.6. The molecule has 2 rings (SSSR count). The summed E-state index contributed by atoms with van der Waals surface area (Å²) in [6, 6.07) is 4.94. The van der Waals surface area contributed by atoms with Crippen LogP contribution in [0.1, 0.15) is 40.0 Å². The van der Waals surface area contributed by atoms with Gasteiger partial charge in [0.25, 0.3) is 0 Å². The zero-order chi connectivity index (χ0) is 26.9. The van der Waals surface area contributed by atoms with Crippen LogP contribution in [0, 0.1) is 5.82 Å². The normalized spacial score (nSPS) is 14.8. The first-order chi connectivity index (χ1) is 16.8. The van der Waals surface area contributed by atoms with Gasteiger partial charge in [0.05, 0.1) is 5.69 Å². The number of urea groups is 1. The second kappa shape index (κ2) is 13.0. The molecule has 0 aromatic heterocycles. The number of benzene rings is 1. The molecule has 0 radical (unpaired) electrons. The minimum atomic E-state index is -1.29.